The molecule has 2 aromatic carbocycles. The molecule has 0 heterocycles. The van der Waals surface area contributed by atoms with Crippen molar-refractivity contribution in [1.82, 2.24) is 0 Å². The fraction of sp³-hybridized carbons (Fsp3) is 0.316. The van der Waals surface area contributed by atoms with E-state index in [4.69, 9.17) is 0 Å². The van der Waals surface area contributed by atoms with Gasteiger partial charge in [0.2, 0.25) is 15.9 Å². The van der Waals surface area contributed by atoms with E-state index in [0.717, 1.165) is 27.3 Å². The Balaban J connectivity index is 2.39. The summed E-state index contributed by atoms with van der Waals surface area (Å²) in [6.45, 7) is 6.62. The zero-order valence-corrected chi connectivity index (χ0v) is 17.3. The van der Waals surface area contributed by atoms with E-state index in [2.05, 4.69) is 5.32 Å². The molecule has 0 bridgehead atoms. The van der Waals surface area contributed by atoms with Gasteiger partial charge in [-0.15, -0.1) is 0 Å². The Morgan fingerprint density at radius 1 is 1.14 bits per heavy atom. The van der Waals surface area contributed by atoms with E-state index in [0.29, 0.717) is 5.69 Å². The van der Waals surface area contributed by atoms with Gasteiger partial charge in [-0.25, -0.2) is 8.42 Å². The number of anilines is 2. The van der Waals surface area contributed by atoms with Crippen LogP contribution >= 0.6 is 0 Å². The van der Waals surface area contributed by atoms with E-state index in [1.165, 1.54) is 25.1 Å². The highest BCUT2D eigenvalue weighted by Gasteiger charge is 2.26. The number of benzene rings is 2. The van der Waals surface area contributed by atoms with E-state index >= 15 is 0 Å². The second-order valence-electron chi connectivity index (χ2n) is 6.77. The second kappa shape index (κ2) is 7.97. The summed E-state index contributed by atoms with van der Waals surface area (Å²) in [5.41, 5.74) is 3.47. The fourth-order valence-corrected chi connectivity index (χ4v) is 4.05. The van der Waals surface area contributed by atoms with Crippen molar-refractivity contribution in [2.75, 3.05) is 22.4 Å². The Hall–Kier alpha value is -2.94. The molecule has 1 N–H and O–H groups in total. The minimum absolute atomic E-state index is 0.101. The third-order valence-electron chi connectivity index (χ3n) is 4.37. The van der Waals surface area contributed by atoms with Gasteiger partial charge in [0.25, 0.3) is 5.69 Å². The molecule has 0 saturated heterocycles. The van der Waals surface area contributed by atoms with Crippen molar-refractivity contribution in [2.24, 2.45) is 0 Å². The summed E-state index contributed by atoms with van der Waals surface area (Å²) in [7, 11) is -3.85. The number of aryl methyl sites for hydroxylation is 3. The standard InChI is InChI=1S/C19H23N3O5S/c1-12-9-13(2)19(14(3)10-12)20-18(23)11-21(28(5,26)27)16-7-6-8-17(15(16)4)22(24)25/h6-10H,11H2,1-5H3,(H,20,23). The molecule has 9 heteroatoms. The van der Waals surface area contributed by atoms with Gasteiger partial charge >= 0.3 is 0 Å². The minimum atomic E-state index is -3.85. The molecule has 0 atom stereocenters. The number of carbonyl (C=O) groups is 1. The number of nitrogens with one attached hydrogen (secondary N) is 1. The van der Waals surface area contributed by atoms with E-state index < -0.39 is 27.4 Å². The average Bonchev–Trinajstić information content (AvgIpc) is 2.55. The number of sulfonamides is 1. The molecule has 0 saturated carbocycles. The summed E-state index contributed by atoms with van der Waals surface area (Å²) in [6.07, 6.45) is 0.959. The maximum atomic E-state index is 12.6. The molecule has 1 amide bonds. The molecule has 0 aliphatic carbocycles. The Labute approximate surface area is 164 Å². The molecule has 0 fully saturated rings. The van der Waals surface area contributed by atoms with Crippen LogP contribution in [0.3, 0.4) is 0 Å². The van der Waals surface area contributed by atoms with Gasteiger partial charge in [-0.3, -0.25) is 19.2 Å². The Bertz CT molecular complexity index is 1020. The fourth-order valence-electron chi connectivity index (χ4n) is 3.15. The van der Waals surface area contributed by atoms with Gasteiger partial charge in [0.15, 0.2) is 0 Å². The topological polar surface area (TPSA) is 110 Å². The van der Waals surface area contributed by atoms with Crippen LogP contribution in [0, 0.1) is 37.8 Å². The zero-order chi connectivity index (χ0) is 21.2. The quantitative estimate of drug-likeness (QED) is 0.586. The van der Waals surface area contributed by atoms with Crippen LogP contribution in [-0.2, 0) is 14.8 Å². The number of nitrogens with zero attached hydrogens (tertiary/aromatic N) is 2. The smallest absolute Gasteiger partial charge is 0.274 e. The first-order chi connectivity index (χ1) is 12.9. The summed E-state index contributed by atoms with van der Waals surface area (Å²) < 4.78 is 25.5. The van der Waals surface area contributed by atoms with Gasteiger partial charge in [-0.05, 0) is 44.9 Å². The van der Waals surface area contributed by atoms with Crippen molar-refractivity contribution in [1.29, 1.82) is 0 Å². The van der Waals surface area contributed by atoms with Crippen molar-refractivity contribution >= 4 is 33.0 Å². The first kappa shape index (κ1) is 21.4. The lowest BCUT2D eigenvalue weighted by atomic mass is 10.1. The van der Waals surface area contributed by atoms with Crippen LogP contribution in [0.1, 0.15) is 22.3 Å². The normalized spacial score (nSPS) is 11.2. The van der Waals surface area contributed by atoms with Crippen molar-refractivity contribution in [3.8, 4) is 0 Å². The van der Waals surface area contributed by atoms with Crippen LogP contribution in [0.15, 0.2) is 30.3 Å². The van der Waals surface area contributed by atoms with E-state index in [-0.39, 0.29) is 16.9 Å². The van der Waals surface area contributed by atoms with Gasteiger partial charge in [0, 0.05) is 11.8 Å². The summed E-state index contributed by atoms with van der Waals surface area (Å²) in [5.74, 6) is -0.536. The maximum absolute atomic E-state index is 12.6. The van der Waals surface area contributed by atoms with Crippen LogP contribution in [0.5, 0.6) is 0 Å². The van der Waals surface area contributed by atoms with E-state index in [9.17, 15) is 23.3 Å². The SMILES string of the molecule is Cc1cc(C)c(NC(=O)CN(c2cccc([N+](=O)[O-])c2C)S(C)(=O)=O)c(C)c1. The molecule has 0 unspecified atom stereocenters. The molecule has 28 heavy (non-hydrogen) atoms. The molecular formula is C19H23N3O5S. The molecule has 0 aromatic heterocycles. The highest BCUT2D eigenvalue weighted by molar-refractivity contribution is 7.92. The Morgan fingerprint density at radius 2 is 1.71 bits per heavy atom. The number of carbonyl (C=O) groups excluding carboxylic acids is 1. The van der Waals surface area contributed by atoms with Crippen LogP contribution < -0.4 is 9.62 Å². The first-order valence-electron chi connectivity index (χ1n) is 8.51. The van der Waals surface area contributed by atoms with Crippen LogP contribution in [0.4, 0.5) is 17.1 Å². The summed E-state index contributed by atoms with van der Waals surface area (Å²) in [5, 5.41) is 13.9. The lowest BCUT2D eigenvalue weighted by Gasteiger charge is -2.24. The van der Waals surface area contributed by atoms with Crippen molar-refractivity contribution in [3.63, 3.8) is 0 Å². The lowest BCUT2D eigenvalue weighted by molar-refractivity contribution is -0.385. The highest BCUT2D eigenvalue weighted by atomic mass is 32.2. The third kappa shape index (κ3) is 4.66. The molecule has 0 spiro atoms. The second-order valence-corrected chi connectivity index (χ2v) is 8.68. The number of nitro benzene ring substituents is 1. The largest absolute Gasteiger partial charge is 0.324 e. The number of hydrogen-bond acceptors (Lipinski definition) is 5. The predicted molar refractivity (Wildman–Crippen MR) is 109 cm³/mol. The maximum Gasteiger partial charge on any atom is 0.274 e. The molecule has 8 nitrogen and oxygen atoms in total. The number of nitro groups is 1. The van der Waals surface area contributed by atoms with Gasteiger partial charge in [0.05, 0.1) is 22.4 Å². The first-order valence-corrected chi connectivity index (χ1v) is 10.4. The molecule has 2 rings (SSSR count). The van der Waals surface area contributed by atoms with E-state index in [1.807, 2.05) is 32.9 Å². The average molecular weight is 405 g/mol. The minimum Gasteiger partial charge on any atom is -0.324 e. The lowest BCUT2D eigenvalue weighted by Crippen LogP contribution is -2.38. The summed E-state index contributed by atoms with van der Waals surface area (Å²) in [6, 6.07) is 7.96. The van der Waals surface area contributed by atoms with Crippen molar-refractivity contribution in [3.05, 3.63) is 62.7 Å². The number of hydrogen-bond donors (Lipinski definition) is 1. The molecule has 0 aliphatic heterocycles. The van der Waals surface area contributed by atoms with Gasteiger partial charge in [-0.2, -0.15) is 0 Å². The zero-order valence-electron chi connectivity index (χ0n) is 16.4. The van der Waals surface area contributed by atoms with E-state index in [1.54, 1.807) is 0 Å². The molecule has 2 aromatic rings. The predicted octanol–water partition coefficient (Wildman–Crippen LogP) is 3.23. The van der Waals surface area contributed by atoms with Crippen LogP contribution in [-0.4, -0.2) is 32.0 Å². The van der Waals surface area contributed by atoms with Gasteiger partial charge in [-0.1, -0.05) is 23.8 Å². The van der Waals surface area contributed by atoms with Crippen molar-refractivity contribution in [2.45, 2.75) is 27.7 Å². The molecule has 150 valence electrons. The molecular weight excluding hydrogens is 382 g/mol. The van der Waals surface area contributed by atoms with Crippen molar-refractivity contribution < 1.29 is 18.1 Å². The molecule has 0 aliphatic rings. The highest BCUT2D eigenvalue weighted by Crippen LogP contribution is 2.30. The Morgan fingerprint density at radius 3 is 2.21 bits per heavy atom. The van der Waals surface area contributed by atoms with Gasteiger partial charge in [0.1, 0.15) is 6.54 Å². The van der Waals surface area contributed by atoms with Gasteiger partial charge < -0.3 is 5.32 Å². The molecule has 0 radical (unpaired) electrons. The monoisotopic (exact) mass is 405 g/mol. The third-order valence-corrected chi connectivity index (χ3v) is 5.50. The Kier molecular flexibility index (Phi) is 6.08. The summed E-state index contributed by atoms with van der Waals surface area (Å²) >= 11 is 0. The summed E-state index contributed by atoms with van der Waals surface area (Å²) in [4.78, 5) is 23.2. The van der Waals surface area contributed by atoms with Crippen LogP contribution in [0.25, 0.3) is 0 Å². The number of amides is 1. The van der Waals surface area contributed by atoms with Crippen LogP contribution in [0.2, 0.25) is 0 Å². The number of rotatable bonds is 6.